The van der Waals surface area contributed by atoms with Crippen LogP contribution in [0.1, 0.15) is 18.4 Å². The fraction of sp³-hybridized carbons (Fsp3) is 0.467. The molecule has 0 aromatic heterocycles. The number of nitrogens with one attached hydrogen (secondary N) is 1. The van der Waals surface area contributed by atoms with E-state index in [2.05, 4.69) is 10.1 Å². The highest BCUT2D eigenvalue weighted by Gasteiger charge is 2.07. The van der Waals surface area contributed by atoms with Gasteiger partial charge in [0.2, 0.25) is 5.91 Å². The summed E-state index contributed by atoms with van der Waals surface area (Å²) in [5.41, 5.74) is 1.00. The molecule has 0 aliphatic carbocycles. The van der Waals surface area contributed by atoms with E-state index in [0.29, 0.717) is 37.5 Å². The number of hydrogen-bond donors (Lipinski definition) is 1. The third kappa shape index (κ3) is 7.68. The summed E-state index contributed by atoms with van der Waals surface area (Å²) in [6.45, 7) is 1.45. The minimum absolute atomic E-state index is 0.0504. The molecule has 0 bridgehead atoms. The number of esters is 1. The maximum atomic E-state index is 11.8. The fourth-order valence-electron chi connectivity index (χ4n) is 1.78. The summed E-state index contributed by atoms with van der Waals surface area (Å²) in [7, 11) is 3.22. The summed E-state index contributed by atoms with van der Waals surface area (Å²) in [4.78, 5) is 24.6. The van der Waals surface area contributed by atoms with Crippen LogP contribution in [0.4, 0.5) is 0 Å². The van der Waals surface area contributed by atoms with Gasteiger partial charge in [0.25, 0.3) is 0 Å². The lowest BCUT2D eigenvalue weighted by Gasteiger charge is -2.15. The van der Waals surface area contributed by atoms with Crippen LogP contribution in [-0.4, -0.2) is 44.0 Å². The molecule has 0 aliphatic heterocycles. The molecule has 0 aliphatic rings. The zero-order valence-electron chi connectivity index (χ0n) is 12.4. The van der Waals surface area contributed by atoms with Crippen LogP contribution >= 0.6 is 11.6 Å². The Labute approximate surface area is 130 Å². The Morgan fingerprint density at radius 1 is 1.29 bits per heavy atom. The molecule has 0 radical (unpaired) electrons. The van der Waals surface area contributed by atoms with E-state index in [1.54, 1.807) is 12.1 Å². The van der Waals surface area contributed by atoms with E-state index >= 15 is 0 Å². The number of carbonyl (C=O) groups is 2. The van der Waals surface area contributed by atoms with Gasteiger partial charge in [-0.1, -0.05) is 23.7 Å². The third-order valence-electron chi connectivity index (χ3n) is 2.96. The van der Waals surface area contributed by atoms with Gasteiger partial charge in [-0.05, 0) is 37.7 Å². The van der Waals surface area contributed by atoms with Crippen molar-refractivity contribution in [3.8, 4) is 0 Å². The fourth-order valence-corrected chi connectivity index (χ4v) is 1.90. The monoisotopic (exact) mass is 312 g/mol. The van der Waals surface area contributed by atoms with Crippen LogP contribution in [0.5, 0.6) is 0 Å². The minimum atomic E-state index is -0.226. The predicted octanol–water partition coefficient (Wildman–Crippen LogP) is 1.84. The Bertz CT molecular complexity index is 462. The average Bonchev–Trinajstić information content (AvgIpc) is 2.46. The summed E-state index contributed by atoms with van der Waals surface area (Å²) < 4.78 is 4.56. The number of nitrogens with zero attached hydrogens (tertiary/aromatic N) is 1. The van der Waals surface area contributed by atoms with E-state index in [1.807, 2.05) is 24.1 Å². The van der Waals surface area contributed by atoms with Crippen molar-refractivity contribution in [3.05, 3.63) is 34.9 Å². The molecule has 1 N–H and O–H groups in total. The number of halogens is 1. The molecule has 21 heavy (non-hydrogen) atoms. The van der Waals surface area contributed by atoms with Crippen molar-refractivity contribution in [2.24, 2.45) is 0 Å². The van der Waals surface area contributed by atoms with E-state index in [-0.39, 0.29) is 11.9 Å². The molecule has 1 rings (SSSR count). The highest BCUT2D eigenvalue weighted by atomic mass is 35.5. The number of carbonyl (C=O) groups excluding carboxylic acids is 2. The predicted molar refractivity (Wildman–Crippen MR) is 82.0 cm³/mol. The second-order valence-electron chi connectivity index (χ2n) is 4.82. The van der Waals surface area contributed by atoms with Crippen molar-refractivity contribution >= 4 is 23.5 Å². The first kappa shape index (κ1) is 17.5. The third-order valence-corrected chi connectivity index (χ3v) is 3.22. The molecule has 0 saturated heterocycles. The van der Waals surface area contributed by atoms with Crippen molar-refractivity contribution < 1.29 is 14.3 Å². The minimum Gasteiger partial charge on any atom is -0.469 e. The van der Waals surface area contributed by atoms with E-state index < -0.39 is 0 Å². The van der Waals surface area contributed by atoms with Crippen molar-refractivity contribution in [2.45, 2.75) is 19.4 Å². The van der Waals surface area contributed by atoms with Gasteiger partial charge in [-0.3, -0.25) is 14.5 Å². The van der Waals surface area contributed by atoms with Crippen LogP contribution in [-0.2, 0) is 20.9 Å². The molecule has 0 heterocycles. The molecular weight excluding hydrogens is 292 g/mol. The van der Waals surface area contributed by atoms with Crippen LogP contribution in [0, 0.1) is 0 Å². The van der Waals surface area contributed by atoms with Crippen LogP contribution < -0.4 is 5.32 Å². The molecular formula is C15H21ClN2O3. The molecule has 1 amide bonds. The summed E-state index contributed by atoms with van der Waals surface area (Å²) >= 11 is 5.80. The van der Waals surface area contributed by atoms with Crippen LogP contribution in [0.15, 0.2) is 24.3 Å². The van der Waals surface area contributed by atoms with E-state index in [0.717, 1.165) is 5.56 Å². The molecule has 116 valence electrons. The number of benzene rings is 1. The Balaban J connectivity index is 2.20. The van der Waals surface area contributed by atoms with E-state index in [9.17, 15) is 9.59 Å². The number of ether oxygens (including phenoxy) is 1. The van der Waals surface area contributed by atoms with Gasteiger partial charge in [0, 0.05) is 18.0 Å². The molecule has 1 aromatic carbocycles. The van der Waals surface area contributed by atoms with Gasteiger partial charge in [0.15, 0.2) is 0 Å². The standard InChI is InChI=1S/C15H21ClN2O3/c1-18(9-3-4-15(20)21-2)11-14(19)17-10-12-5-7-13(16)8-6-12/h5-8H,3-4,9-11H2,1-2H3,(H,17,19). The molecule has 0 fully saturated rings. The molecule has 0 spiro atoms. The number of methoxy groups -OCH3 is 1. The van der Waals surface area contributed by atoms with Crippen molar-refractivity contribution in [2.75, 3.05) is 27.2 Å². The molecule has 0 unspecified atom stereocenters. The second kappa shape index (κ2) is 9.37. The maximum Gasteiger partial charge on any atom is 0.305 e. The van der Waals surface area contributed by atoms with E-state index in [1.165, 1.54) is 7.11 Å². The summed E-state index contributed by atoms with van der Waals surface area (Å²) in [5, 5.41) is 3.52. The largest absolute Gasteiger partial charge is 0.469 e. The maximum absolute atomic E-state index is 11.8. The Kier molecular flexibility index (Phi) is 7.79. The molecule has 0 atom stereocenters. The van der Waals surface area contributed by atoms with Crippen LogP contribution in [0.25, 0.3) is 0 Å². The van der Waals surface area contributed by atoms with Gasteiger partial charge < -0.3 is 10.1 Å². The highest BCUT2D eigenvalue weighted by Crippen LogP contribution is 2.09. The second-order valence-corrected chi connectivity index (χ2v) is 5.26. The number of hydrogen-bond acceptors (Lipinski definition) is 4. The number of rotatable bonds is 8. The SMILES string of the molecule is COC(=O)CCCN(C)CC(=O)NCc1ccc(Cl)cc1. The lowest BCUT2D eigenvalue weighted by molar-refractivity contribution is -0.140. The van der Waals surface area contributed by atoms with Crippen molar-refractivity contribution in [1.29, 1.82) is 0 Å². The zero-order valence-corrected chi connectivity index (χ0v) is 13.2. The van der Waals surface area contributed by atoms with Crippen molar-refractivity contribution in [1.82, 2.24) is 10.2 Å². The van der Waals surface area contributed by atoms with Gasteiger partial charge in [-0.15, -0.1) is 0 Å². The van der Waals surface area contributed by atoms with Gasteiger partial charge in [0.1, 0.15) is 0 Å². The quantitative estimate of drug-likeness (QED) is 0.744. The highest BCUT2D eigenvalue weighted by molar-refractivity contribution is 6.30. The number of amides is 1. The number of likely N-dealkylation sites (N-methyl/N-ethyl adjacent to an activating group) is 1. The molecule has 6 heteroatoms. The zero-order chi connectivity index (χ0) is 15.7. The van der Waals surface area contributed by atoms with Gasteiger partial charge in [-0.2, -0.15) is 0 Å². The summed E-state index contributed by atoms with van der Waals surface area (Å²) in [5.74, 6) is -0.277. The van der Waals surface area contributed by atoms with Gasteiger partial charge in [-0.25, -0.2) is 0 Å². The van der Waals surface area contributed by atoms with E-state index in [4.69, 9.17) is 11.6 Å². The molecule has 1 aromatic rings. The summed E-state index contributed by atoms with van der Waals surface area (Å²) in [6, 6.07) is 7.34. The topological polar surface area (TPSA) is 58.6 Å². The lowest BCUT2D eigenvalue weighted by atomic mass is 10.2. The Hall–Kier alpha value is -1.59. The van der Waals surface area contributed by atoms with Crippen LogP contribution in [0.2, 0.25) is 5.02 Å². The first-order valence-corrected chi connectivity index (χ1v) is 7.15. The van der Waals surface area contributed by atoms with Crippen molar-refractivity contribution in [3.63, 3.8) is 0 Å². The smallest absolute Gasteiger partial charge is 0.305 e. The lowest BCUT2D eigenvalue weighted by Crippen LogP contribution is -2.35. The molecule has 0 saturated carbocycles. The normalized spacial score (nSPS) is 10.5. The van der Waals surface area contributed by atoms with Gasteiger partial charge >= 0.3 is 5.97 Å². The Morgan fingerprint density at radius 3 is 2.57 bits per heavy atom. The molecule has 5 nitrogen and oxygen atoms in total. The Morgan fingerprint density at radius 2 is 1.95 bits per heavy atom. The van der Waals surface area contributed by atoms with Crippen LogP contribution in [0.3, 0.4) is 0 Å². The van der Waals surface area contributed by atoms with Gasteiger partial charge in [0.05, 0.1) is 13.7 Å². The first-order valence-electron chi connectivity index (χ1n) is 6.77. The summed E-state index contributed by atoms with van der Waals surface area (Å²) in [6.07, 6.45) is 1.04. The first-order chi connectivity index (χ1) is 10.0. The average molecular weight is 313 g/mol.